The van der Waals surface area contributed by atoms with Gasteiger partial charge in [0.15, 0.2) is 0 Å². The van der Waals surface area contributed by atoms with Crippen LogP contribution in [0, 0.1) is 0 Å². The molecule has 0 aromatic rings. The molecule has 9 heteroatoms. The van der Waals surface area contributed by atoms with E-state index in [4.69, 9.17) is 15.4 Å². The molecule has 0 aromatic heterocycles. The maximum atomic E-state index is 8.02. The Kier molecular flexibility index (Phi) is 62.4. The van der Waals surface area contributed by atoms with Gasteiger partial charge in [0, 0.05) is 6.92 Å². The molecule has 0 aromatic carbocycles. The fraction of sp³-hybridized carbons (Fsp3) is 1.00. The molecule has 68 valence electrons. The topological polar surface area (TPSA) is 72.7 Å². The zero-order chi connectivity index (χ0) is 5.21. The molecule has 0 amide bonds. The normalized spacial score (nSPS) is 6.55. The number of hydroxylamine groups is 1. The van der Waals surface area contributed by atoms with Crippen LogP contribution in [0.5, 0.6) is 0 Å². The van der Waals surface area contributed by atoms with Crippen molar-refractivity contribution in [3.63, 3.8) is 0 Å². The van der Waals surface area contributed by atoms with Gasteiger partial charge in [-0.05, 0) is 0 Å². The Morgan fingerprint density at radius 3 is 1.18 bits per heavy atom. The SMILES string of the molecule is CC(O)(O)NO.Cl.Cl.Cl.[MgH2].[NaH]. The Balaban J connectivity index is -0.0000000125. The summed E-state index contributed by atoms with van der Waals surface area (Å²) in [6, 6.07) is 0. The van der Waals surface area contributed by atoms with Crippen LogP contribution in [-0.2, 0) is 0 Å². The third-order valence-corrected chi connectivity index (χ3v) is 0.212. The molecule has 0 atom stereocenters. The van der Waals surface area contributed by atoms with Crippen LogP contribution >= 0.6 is 37.2 Å². The standard InChI is InChI=1S/C2H7NO3.3ClH.Mg.Na.3H/c1-2(4,5)3-6;;;;;;;;/h3-6H,1H3;3*1H;;;;;. The fourth-order valence-corrected chi connectivity index (χ4v) is 0. The number of rotatable bonds is 1. The minimum absolute atomic E-state index is 0. The first-order valence-corrected chi connectivity index (χ1v) is 1.42. The van der Waals surface area contributed by atoms with Crippen LogP contribution in [0.4, 0.5) is 0 Å². The van der Waals surface area contributed by atoms with Gasteiger partial charge in [0.2, 0.25) is 5.91 Å². The van der Waals surface area contributed by atoms with Crippen LogP contribution in [0.25, 0.3) is 0 Å². The van der Waals surface area contributed by atoms with E-state index in [0.29, 0.717) is 0 Å². The van der Waals surface area contributed by atoms with E-state index < -0.39 is 5.91 Å². The van der Waals surface area contributed by atoms with Gasteiger partial charge in [-0.3, -0.25) is 0 Å². The Hall–Kier alpha value is 2.48. The monoisotopic (exact) mass is 251 g/mol. The van der Waals surface area contributed by atoms with Crippen LogP contribution in [-0.4, -0.2) is 73.9 Å². The molecule has 0 aliphatic heterocycles. The molecule has 0 heterocycles. The van der Waals surface area contributed by atoms with E-state index in [1.807, 2.05) is 0 Å². The van der Waals surface area contributed by atoms with Crippen molar-refractivity contribution in [3.8, 4) is 0 Å². The van der Waals surface area contributed by atoms with Crippen molar-refractivity contribution in [1.29, 1.82) is 0 Å². The molecule has 0 radical (unpaired) electrons. The third kappa shape index (κ3) is 45.7. The van der Waals surface area contributed by atoms with Gasteiger partial charge in [-0.1, -0.05) is 0 Å². The van der Waals surface area contributed by atoms with Gasteiger partial charge < -0.3 is 15.4 Å². The van der Waals surface area contributed by atoms with Crippen LogP contribution in [0.3, 0.4) is 0 Å². The first-order chi connectivity index (χ1) is 2.56. The predicted octanol–water partition coefficient (Wildman–Crippen LogP) is -1.68. The second kappa shape index (κ2) is 18.3. The molecular weight excluding hydrogens is 240 g/mol. The molecular formula is C2H13Cl3MgNNaO3. The van der Waals surface area contributed by atoms with E-state index in [2.05, 4.69) is 0 Å². The summed E-state index contributed by atoms with van der Waals surface area (Å²) in [5.41, 5.74) is 1.22. The van der Waals surface area contributed by atoms with Crippen molar-refractivity contribution in [2.45, 2.75) is 12.8 Å². The van der Waals surface area contributed by atoms with E-state index in [1.54, 1.807) is 0 Å². The van der Waals surface area contributed by atoms with Crippen molar-refractivity contribution < 1.29 is 15.4 Å². The average Bonchev–Trinajstić information content (AvgIpc) is 1.35. The summed E-state index contributed by atoms with van der Waals surface area (Å²) in [6.07, 6.45) is 0. The van der Waals surface area contributed by atoms with E-state index in [9.17, 15) is 0 Å². The van der Waals surface area contributed by atoms with Crippen molar-refractivity contribution >= 4 is 89.8 Å². The number of nitrogens with one attached hydrogen (secondary N) is 1. The molecule has 0 unspecified atom stereocenters. The van der Waals surface area contributed by atoms with Crippen LogP contribution in [0.15, 0.2) is 0 Å². The number of hydrogen-bond acceptors (Lipinski definition) is 4. The molecule has 0 bridgehead atoms. The van der Waals surface area contributed by atoms with E-state index >= 15 is 0 Å². The van der Waals surface area contributed by atoms with Gasteiger partial charge in [0.25, 0.3) is 0 Å². The maximum absolute atomic E-state index is 8.02. The summed E-state index contributed by atoms with van der Waals surface area (Å²) in [7, 11) is 0. The van der Waals surface area contributed by atoms with Gasteiger partial charge in [0.1, 0.15) is 0 Å². The van der Waals surface area contributed by atoms with E-state index in [1.165, 1.54) is 5.48 Å². The average molecular weight is 253 g/mol. The number of hydrogen-bond donors (Lipinski definition) is 4. The summed E-state index contributed by atoms with van der Waals surface area (Å²) < 4.78 is 0. The molecule has 11 heavy (non-hydrogen) atoms. The molecule has 0 saturated heterocycles. The molecule has 0 fully saturated rings. The third-order valence-electron chi connectivity index (χ3n) is 0.212. The van der Waals surface area contributed by atoms with Gasteiger partial charge in [-0.25, -0.2) is 0 Å². The zero-order valence-corrected chi connectivity index (χ0v) is 7.02. The van der Waals surface area contributed by atoms with Gasteiger partial charge in [-0.2, -0.15) is 5.48 Å². The fourth-order valence-electron chi connectivity index (χ4n) is 0. The van der Waals surface area contributed by atoms with Gasteiger partial charge >= 0.3 is 52.6 Å². The van der Waals surface area contributed by atoms with E-state index in [-0.39, 0.29) is 89.8 Å². The summed E-state index contributed by atoms with van der Waals surface area (Å²) >= 11 is 0. The second-order valence-electron chi connectivity index (χ2n) is 1.13. The zero-order valence-electron chi connectivity index (χ0n) is 4.57. The second-order valence-corrected chi connectivity index (χ2v) is 1.13. The Morgan fingerprint density at radius 2 is 1.18 bits per heavy atom. The van der Waals surface area contributed by atoms with Crippen molar-refractivity contribution in [3.05, 3.63) is 0 Å². The molecule has 0 aliphatic rings. The molecule has 0 aliphatic carbocycles. The summed E-state index contributed by atoms with van der Waals surface area (Å²) in [4.78, 5) is 0. The quantitative estimate of drug-likeness (QED) is 0.256. The van der Waals surface area contributed by atoms with Crippen LogP contribution < -0.4 is 5.48 Å². The Bertz CT molecular complexity index is 56.3. The summed E-state index contributed by atoms with van der Waals surface area (Å²) in [5, 5.41) is 23.7. The minimum atomic E-state index is -2.15. The van der Waals surface area contributed by atoms with Gasteiger partial charge in [0.05, 0.1) is 0 Å². The first kappa shape index (κ1) is 37.5. The molecule has 4 N–H and O–H groups in total. The summed E-state index contributed by atoms with van der Waals surface area (Å²) in [6.45, 7) is 0.993. The predicted molar refractivity (Wildman–Crippen MR) is 55.2 cm³/mol. The van der Waals surface area contributed by atoms with Crippen LogP contribution in [0.2, 0.25) is 0 Å². The van der Waals surface area contributed by atoms with Gasteiger partial charge in [-0.15, -0.1) is 37.2 Å². The first-order valence-electron chi connectivity index (χ1n) is 1.42. The van der Waals surface area contributed by atoms with Crippen molar-refractivity contribution in [1.82, 2.24) is 5.48 Å². The molecule has 4 nitrogen and oxygen atoms in total. The number of halogens is 3. The Labute approximate surface area is 122 Å². The molecule has 0 saturated carbocycles. The van der Waals surface area contributed by atoms with E-state index in [0.717, 1.165) is 6.92 Å². The van der Waals surface area contributed by atoms with Crippen LogP contribution in [0.1, 0.15) is 6.92 Å². The van der Waals surface area contributed by atoms with Crippen molar-refractivity contribution in [2.24, 2.45) is 0 Å². The number of aliphatic hydroxyl groups is 2. The Morgan fingerprint density at radius 1 is 1.09 bits per heavy atom. The molecule has 0 spiro atoms. The van der Waals surface area contributed by atoms with Crippen molar-refractivity contribution in [2.75, 3.05) is 0 Å². The summed E-state index contributed by atoms with van der Waals surface area (Å²) in [5.74, 6) is -2.15. The molecule has 0 rings (SSSR count).